The lowest BCUT2D eigenvalue weighted by Gasteiger charge is -2.17. The lowest BCUT2D eigenvalue weighted by atomic mass is 10.1. The van der Waals surface area contributed by atoms with Crippen molar-refractivity contribution in [1.82, 2.24) is 0 Å². The lowest BCUT2D eigenvalue weighted by molar-refractivity contribution is -0.114. The molecule has 0 aliphatic heterocycles. The van der Waals surface area contributed by atoms with Crippen LogP contribution in [0, 0.1) is 13.8 Å². The first kappa shape index (κ1) is 18.1. The zero-order valence-electron chi connectivity index (χ0n) is 15.6. The molecular formula is C22H17NO4S. The van der Waals surface area contributed by atoms with Crippen molar-refractivity contribution >= 4 is 49.8 Å². The average molecular weight is 391 g/mol. The molecule has 0 bridgehead atoms. The van der Waals surface area contributed by atoms with Crippen molar-refractivity contribution in [3.8, 4) is 0 Å². The predicted octanol–water partition coefficient (Wildman–Crippen LogP) is 4.47. The van der Waals surface area contributed by atoms with Crippen LogP contribution in [0.2, 0.25) is 0 Å². The van der Waals surface area contributed by atoms with Crippen molar-refractivity contribution in [3.05, 3.63) is 75.0 Å². The Balaban J connectivity index is 1.75. The van der Waals surface area contributed by atoms with Crippen molar-refractivity contribution in [2.75, 3.05) is 11.9 Å². The zero-order chi connectivity index (χ0) is 20.0. The van der Waals surface area contributed by atoms with Gasteiger partial charge in [0.25, 0.3) is 11.7 Å². The van der Waals surface area contributed by atoms with Gasteiger partial charge in [0.05, 0.1) is 15.0 Å². The van der Waals surface area contributed by atoms with Gasteiger partial charge in [-0.3, -0.25) is 9.59 Å². The normalized spacial score (nSPS) is 11.1. The SMILES string of the molecule is Cc1ccc(N(C)C(=O)C(=O)c2cc3c(=O)oc4ccccc4c3s2)cc1C. The maximum absolute atomic E-state index is 12.8. The number of para-hydroxylation sites is 1. The third-order valence-corrected chi connectivity index (χ3v) is 6.05. The largest absolute Gasteiger partial charge is 0.422 e. The van der Waals surface area contributed by atoms with Crippen molar-refractivity contribution < 1.29 is 14.0 Å². The molecule has 4 aromatic rings. The number of ketones is 1. The number of carbonyl (C=O) groups is 2. The van der Waals surface area contributed by atoms with E-state index in [1.54, 1.807) is 25.2 Å². The van der Waals surface area contributed by atoms with Crippen LogP contribution in [0.3, 0.4) is 0 Å². The standard InChI is InChI=1S/C22H17NO4S/c1-12-8-9-14(10-13(12)2)23(3)21(25)19(24)18-11-16-20(28-18)15-6-4-5-7-17(15)27-22(16)26/h4-11H,1-3H3. The number of carbonyl (C=O) groups excluding carboxylic acids is 2. The first-order valence-electron chi connectivity index (χ1n) is 8.72. The van der Waals surface area contributed by atoms with Crippen molar-refractivity contribution in [1.29, 1.82) is 0 Å². The number of benzene rings is 2. The van der Waals surface area contributed by atoms with Gasteiger partial charge in [-0.25, -0.2) is 4.79 Å². The molecule has 0 saturated heterocycles. The fourth-order valence-corrected chi connectivity index (χ4v) is 4.17. The van der Waals surface area contributed by atoms with Crippen LogP contribution in [0.5, 0.6) is 0 Å². The average Bonchev–Trinajstić information content (AvgIpc) is 3.15. The second-order valence-electron chi connectivity index (χ2n) is 6.70. The molecule has 6 heteroatoms. The minimum absolute atomic E-state index is 0.222. The van der Waals surface area contributed by atoms with Crippen molar-refractivity contribution in [2.45, 2.75) is 13.8 Å². The van der Waals surface area contributed by atoms with E-state index < -0.39 is 17.3 Å². The summed E-state index contributed by atoms with van der Waals surface area (Å²) in [5.74, 6) is -1.30. The molecule has 1 amide bonds. The number of hydrogen-bond donors (Lipinski definition) is 0. The smallest absolute Gasteiger partial charge is 0.345 e. The summed E-state index contributed by atoms with van der Waals surface area (Å²) in [6.45, 7) is 3.94. The second kappa shape index (κ2) is 6.73. The topological polar surface area (TPSA) is 67.6 Å². The second-order valence-corrected chi connectivity index (χ2v) is 7.75. The number of amides is 1. The fraction of sp³-hybridized carbons (Fsp3) is 0.136. The number of rotatable bonds is 3. The van der Waals surface area contributed by atoms with Crippen LogP contribution in [0.4, 0.5) is 5.69 Å². The molecule has 5 nitrogen and oxygen atoms in total. The number of hydrogen-bond acceptors (Lipinski definition) is 5. The van der Waals surface area contributed by atoms with E-state index in [0.717, 1.165) is 27.8 Å². The number of fused-ring (bicyclic) bond motifs is 3. The third-order valence-electron chi connectivity index (χ3n) is 4.89. The van der Waals surface area contributed by atoms with Gasteiger partial charge in [-0.2, -0.15) is 0 Å². The molecular weight excluding hydrogens is 374 g/mol. The molecule has 0 spiro atoms. The van der Waals surface area contributed by atoms with Gasteiger partial charge in [0.1, 0.15) is 5.58 Å². The predicted molar refractivity (Wildman–Crippen MR) is 112 cm³/mol. The summed E-state index contributed by atoms with van der Waals surface area (Å²) in [6.07, 6.45) is 0. The van der Waals surface area contributed by atoms with Crippen LogP contribution >= 0.6 is 11.3 Å². The molecule has 2 heterocycles. The van der Waals surface area contributed by atoms with Crippen LogP contribution in [0.25, 0.3) is 21.1 Å². The van der Waals surface area contributed by atoms with Gasteiger partial charge in [-0.05, 0) is 55.3 Å². The Labute approximate surface area is 164 Å². The Bertz CT molecular complexity index is 1320. The third kappa shape index (κ3) is 2.92. The molecule has 0 N–H and O–H groups in total. The van der Waals surface area contributed by atoms with Gasteiger partial charge in [-0.1, -0.05) is 18.2 Å². The first-order valence-corrected chi connectivity index (χ1v) is 9.53. The molecule has 140 valence electrons. The number of thiophene rings is 1. The molecule has 2 aromatic heterocycles. The van der Waals surface area contributed by atoms with E-state index in [-0.39, 0.29) is 4.88 Å². The highest BCUT2D eigenvalue weighted by Crippen LogP contribution is 2.31. The number of Topliss-reactive ketones (excluding diaryl/α,β-unsaturated/α-hetero) is 1. The minimum atomic E-state index is -0.650. The van der Waals surface area contributed by atoms with E-state index in [4.69, 9.17) is 4.42 Å². The highest BCUT2D eigenvalue weighted by atomic mass is 32.1. The van der Waals surface area contributed by atoms with Crippen LogP contribution in [-0.2, 0) is 4.79 Å². The zero-order valence-corrected chi connectivity index (χ0v) is 16.4. The Morgan fingerprint density at radius 1 is 0.964 bits per heavy atom. The van der Waals surface area contributed by atoms with Gasteiger partial charge < -0.3 is 9.32 Å². The summed E-state index contributed by atoms with van der Waals surface area (Å²) in [4.78, 5) is 39.4. The molecule has 2 aromatic carbocycles. The van der Waals surface area contributed by atoms with Gasteiger partial charge >= 0.3 is 5.63 Å². The van der Waals surface area contributed by atoms with Crippen LogP contribution in [0.15, 0.2) is 57.7 Å². The highest BCUT2D eigenvalue weighted by Gasteiger charge is 2.25. The summed E-state index contributed by atoms with van der Waals surface area (Å²) in [5.41, 5.74) is 2.74. The summed E-state index contributed by atoms with van der Waals surface area (Å²) >= 11 is 1.14. The van der Waals surface area contributed by atoms with Crippen molar-refractivity contribution in [3.63, 3.8) is 0 Å². The Hall–Kier alpha value is -3.25. The van der Waals surface area contributed by atoms with Gasteiger partial charge in [-0.15, -0.1) is 11.3 Å². The van der Waals surface area contributed by atoms with Gasteiger partial charge in [0, 0.05) is 18.1 Å². The van der Waals surface area contributed by atoms with Crippen LogP contribution in [0.1, 0.15) is 20.8 Å². The fourth-order valence-electron chi connectivity index (χ4n) is 3.06. The first-order chi connectivity index (χ1) is 13.4. The molecule has 28 heavy (non-hydrogen) atoms. The lowest BCUT2D eigenvalue weighted by Crippen LogP contribution is -2.32. The molecule has 0 fully saturated rings. The van der Waals surface area contributed by atoms with E-state index in [9.17, 15) is 14.4 Å². The summed E-state index contributed by atoms with van der Waals surface area (Å²) in [5, 5.41) is 1.06. The van der Waals surface area contributed by atoms with E-state index in [1.165, 1.54) is 11.0 Å². The maximum Gasteiger partial charge on any atom is 0.345 e. The molecule has 0 unspecified atom stereocenters. The minimum Gasteiger partial charge on any atom is -0.422 e. The number of aryl methyl sites for hydroxylation is 2. The van der Waals surface area contributed by atoms with Gasteiger partial charge in [0.15, 0.2) is 0 Å². The quantitative estimate of drug-likeness (QED) is 0.294. The molecule has 0 saturated carbocycles. The van der Waals surface area contributed by atoms with Crippen LogP contribution < -0.4 is 10.5 Å². The van der Waals surface area contributed by atoms with Crippen LogP contribution in [-0.4, -0.2) is 18.7 Å². The van der Waals surface area contributed by atoms with E-state index >= 15 is 0 Å². The summed E-state index contributed by atoms with van der Waals surface area (Å²) < 4.78 is 5.96. The monoisotopic (exact) mass is 391 g/mol. The Morgan fingerprint density at radius 3 is 2.46 bits per heavy atom. The molecule has 0 atom stereocenters. The molecule has 0 radical (unpaired) electrons. The van der Waals surface area contributed by atoms with E-state index in [0.29, 0.717) is 21.4 Å². The number of nitrogens with zero attached hydrogens (tertiary/aromatic N) is 1. The number of likely N-dealkylation sites (N-methyl/N-ethyl adjacent to an activating group) is 1. The maximum atomic E-state index is 12.8. The molecule has 0 aliphatic carbocycles. The van der Waals surface area contributed by atoms with Gasteiger partial charge in [0.2, 0.25) is 0 Å². The Morgan fingerprint density at radius 2 is 1.71 bits per heavy atom. The Kier molecular flexibility index (Phi) is 4.35. The van der Waals surface area contributed by atoms with Crippen molar-refractivity contribution in [2.24, 2.45) is 0 Å². The summed E-state index contributed by atoms with van der Waals surface area (Å²) in [7, 11) is 1.57. The highest BCUT2D eigenvalue weighted by molar-refractivity contribution is 7.22. The molecule has 0 aliphatic rings. The molecule has 4 rings (SSSR count). The van der Waals surface area contributed by atoms with E-state index in [1.807, 2.05) is 38.1 Å². The number of anilines is 1. The summed E-state index contributed by atoms with van der Waals surface area (Å²) in [6, 6.07) is 14.2. The van der Waals surface area contributed by atoms with E-state index in [2.05, 4.69) is 0 Å².